The molecule has 0 spiro atoms. The summed E-state index contributed by atoms with van der Waals surface area (Å²) in [5.74, 6) is -1.06. The monoisotopic (exact) mass is 1120 g/mol. The average molecular weight is 1120 g/mol. The Morgan fingerprint density at radius 2 is 0.494 bits per heavy atom. The van der Waals surface area contributed by atoms with Crippen LogP contribution in [0.3, 0.4) is 0 Å². The topological polar surface area (TPSA) is 78.9 Å². The minimum atomic E-state index is -0.829. The first-order chi connectivity index (χ1) is 40.0. The van der Waals surface area contributed by atoms with Gasteiger partial charge in [-0.15, -0.1) is 0 Å². The summed E-state index contributed by atoms with van der Waals surface area (Å²) in [6.45, 7) is 6.22. The number of esters is 3. The van der Waals surface area contributed by atoms with Gasteiger partial charge in [0.2, 0.25) is 0 Å². The first-order valence-electron chi connectivity index (χ1n) is 33.3. The van der Waals surface area contributed by atoms with Gasteiger partial charge in [-0.05, 0) is 116 Å². The lowest BCUT2D eigenvalue weighted by atomic mass is 10.0. The van der Waals surface area contributed by atoms with Crippen LogP contribution in [0.5, 0.6) is 0 Å². The molecule has 1 atom stereocenters. The normalized spacial score (nSPS) is 13.1. The van der Waals surface area contributed by atoms with Crippen molar-refractivity contribution >= 4 is 17.9 Å². The SMILES string of the molecule is CC/C=C\C/C=C\C/C=C\C/C=C\C/C=C\CC(=O)OCC(COC(=O)CCCCCCCCCCCCCCCCCCCC/C=C\C/C=C\C/C=C\C/C=C\CC)OC(=O)CCCCCCCCC/C=C\C/C=C\C/C=C\CC. The highest BCUT2D eigenvalue weighted by Gasteiger charge is 2.19. The second-order valence-electron chi connectivity index (χ2n) is 21.6. The third kappa shape index (κ3) is 66.0. The van der Waals surface area contributed by atoms with E-state index in [-0.39, 0.29) is 31.6 Å². The molecular weight excluding hydrogens is 997 g/mol. The molecule has 0 aliphatic heterocycles. The molecule has 0 saturated heterocycles. The molecule has 6 nitrogen and oxygen atoms in total. The summed E-state index contributed by atoms with van der Waals surface area (Å²) in [5, 5.41) is 0. The van der Waals surface area contributed by atoms with E-state index in [1.165, 1.54) is 122 Å². The predicted molar refractivity (Wildman–Crippen MR) is 352 cm³/mol. The molecule has 0 rings (SSSR count). The molecule has 0 amide bonds. The Hall–Kier alpha value is -4.71. The van der Waals surface area contributed by atoms with Crippen molar-refractivity contribution in [2.75, 3.05) is 13.2 Å². The van der Waals surface area contributed by atoms with E-state index in [1.807, 2.05) is 6.08 Å². The zero-order valence-electron chi connectivity index (χ0n) is 52.5. The third-order valence-corrected chi connectivity index (χ3v) is 13.9. The molecule has 0 heterocycles. The predicted octanol–water partition coefficient (Wildman–Crippen LogP) is 23.1. The Labute approximate surface area is 499 Å². The molecule has 1 unspecified atom stereocenters. The zero-order chi connectivity index (χ0) is 58.5. The molecule has 0 aromatic rings. The fourth-order valence-corrected chi connectivity index (χ4v) is 8.99. The van der Waals surface area contributed by atoms with Gasteiger partial charge in [-0.3, -0.25) is 14.4 Å². The third-order valence-electron chi connectivity index (χ3n) is 13.9. The molecular formula is C75H122O6. The summed E-state index contributed by atoms with van der Waals surface area (Å²) in [5.41, 5.74) is 0. The van der Waals surface area contributed by atoms with Crippen LogP contribution in [-0.2, 0) is 28.6 Å². The zero-order valence-corrected chi connectivity index (χ0v) is 52.5. The van der Waals surface area contributed by atoms with Crippen LogP contribution in [0.1, 0.15) is 290 Å². The fourth-order valence-electron chi connectivity index (χ4n) is 8.99. The molecule has 6 heteroatoms. The summed E-state index contributed by atoms with van der Waals surface area (Å²) >= 11 is 0. The quantitative estimate of drug-likeness (QED) is 0.0261. The lowest BCUT2D eigenvalue weighted by Gasteiger charge is -2.18. The van der Waals surface area contributed by atoms with E-state index in [9.17, 15) is 14.4 Å². The number of carbonyl (C=O) groups excluding carboxylic acids is 3. The molecule has 0 aliphatic carbocycles. The van der Waals surface area contributed by atoms with Gasteiger partial charge >= 0.3 is 17.9 Å². The molecule has 0 N–H and O–H groups in total. The Kier molecular flexibility index (Phi) is 63.9. The number of unbranched alkanes of at least 4 members (excludes halogenated alkanes) is 25. The summed E-state index contributed by atoms with van der Waals surface area (Å²) in [6.07, 6.45) is 97.6. The van der Waals surface area contributed by atoms with Crippen LogP contribution in [-0.4, -0.2) is 37.2 Å². The Bertz CT molecular complexity index is 1760. The lowest BCUT2D eigenvalue weighted by molar-refractivity contribution is -0.166. The number of hydrogen-bond acceptors (Lipinski definition) is 6. The van der Waals surface area contributed by atoms with Crippen LogP contribution >= 0.6 is 0 Å². The maximum absolute atomic E-state index is 12.9. The van der Waals surface area contributed by atoms with E-state index in [4.69, 9.17) is 14.2 Å². The maximum atomic E-state index is 12.9. The van der Waals surface area contributed by atoms with Gasteiger partial charge in [0.05, 0.1) is 6.42 Å². The van der Waals surface area contributed by atoms with E-state index in [0.717, 1.165) is 128 Å². The molecule has 0 aromatic heterocycles. The second kappa shape index (κ2) is 67.8. The molecule has 0 bridgehead atoms. The van der Waals surface area contributed by atoms with Crippen LogP contribution in [0.15, 0.2) is 146 Å². The first kappa shape index (κ1) is 76.3. The number of rotatable bonds is 59. The van der Waals surface area contributed by atoms with Crippen molar-refractivity contribution in [3.05, 3.63) is 146 Å². The lowest BCUT2D eigenvalue weighted by Crippen LogP contribution is -2.30. The van der Waals surface area contributed by atoms with Crippen LogP contribution in [0, 0.1) is 0 Å². The van der Waals surface area contributed by atoms with E-state index >= 15 is 0 Å². The van der Waals surface area contributed by atoms with E-state index < -0.39 is 12.1 Å². The highest BCUT2D eigenvalue weighted by Crippen LogP contribution is 2.16. The Morgan fingerprint density at radius 1 is 0.259 bits per heavy atom. The van der Waals surface area contributed by atoms with Crippen LogP contribution in [0.2, 0.25) is 0 Å². The largest absolute Gasteiger partial charge is 0.462 e. The molecule has 0 saturated carbocycles. The van der Waals surface area contributed by atoms with Gasteiger partial charge in [0.15, 0.2) is 6.10 Å². The van der Waals surface area contributed by atoms with Crippen molar-refractivity contribution < 1.29 is 28.6 Å². The van der Waals surface area contributed by atoms with Crippen molar-refractivity contribution in [2.45, 2.75) is 297 Å². The fraction of sp³-hybridized carbons (Fsp3) is 0.640. The van der Waals surface area contributed by atoms with Crippen molar-refractivity contribution in [1.82, 2.24) is 0 Å². The van der Waals surface area contributed by atoms with Gasteiger partial charge in [0.25, 0.3) is 0 Å². The highest BCUT2D eigenvalue weighted by molar-refractivity contribution is 5.72. The Balaban J connectivity index is 4.30. The van der Waals surface area contributed by atoms with Gasteiger partial charge in [0.1, 0.15) is 13.2 Å². The molecule has 458 valence electrons. The maximum Gasteiger partial charge on any atom is 0.309 e. The first-order valence-corrected chi connectivity index (χ1v) is 33.3. The summed E-state index contributed by atoms with van der Waals surface area (Å²) in [6, 6.07) is 0. The molecule has 0 aliphatic rings. The number of allylic oxidation sites excluding steroid dienone is 23. The van der Waals surface area contributed by atoms with Crippen molar-refractivity contribution in [2.24, 2.45) is 0 Å². The average Bonchev–Trinajstić information content (AvgIpc) is 3.47. The van der Waals surface area contributed by atoms with Crippen molar-refractivity contribution in [1.29, 1.82) is 0 Å². The van der Waals surface area contributed by atoms with Crippen molar-refractivity contribution in [3.63, 3.8) is 0 Å². The van der Waals surface area contributed by atoms with E-state index in [1.54, 1.807) is 6.08 Å². The second-order valence-corrected chi connectivity index (χ2v) is 21.6. The smallest absolute Gasteiger partial charge is 0.309 e. The summed E-state index contributed by atoms with van der Waals surface area (Å²) in [4.78, 5) is 38.3. The van der Waals surface area contributed by atoms with Crippen molar-refractivity contribution in [3.8, 4) is 0 Å². The minimum absolute atomic E-state index is 0.114. The number of ether oxygens (including phenoxy) is 3. The van der Waals surface area contributed by atoms with Gasteiger partial charge in [-0.2, -0.15) is 0 Å². The van der Waals surface area contributed by atoms with Gasteiger partial charge < -0.3 is 14.2 Å². The van der Waals surface area contributed by atoms with Crippen LogP contribution in [0.4, 0.5) is 0 Å². The van der Waals surface area contributed by atoms with Gasteiger partial charge in [-0.25, -0.2) is 0 Å². The van der Waals surface area contributed by atoms with Gasteiger partial charge in [-0.1, -0.05) is 301 Å². The number of carbonyl (C=O) groups is 3. The van der Waals surface area contributed by atoms with E-state index in [2.05, 4.69) is 154 Å². The highest BCUT2D eigenvalue weighted by atomic mass is 16.6. The molecule has 0 aromatic carbocycles. The molecule has 81 heavy (non-hydrogen) atoms. The molecule has 0 radical (unpaired) electrons. The summed E-state index contributed by atoms with van der Waals surface area (Å²) < 4.78 is 16.8. The van der Waals surface area contributed by atoms with Gasteiger partial charge in [0, 0.05) is 12.8 Å². The molecule has 0 fully saturated rings. The number of hydrogen-bond donors (Lipinski definition) is 0. The van der Waals surface area contributed by atoms with E-state index in [0.29, 0.717) is 12.8 Å². The summed E-state index contributed by atoms with van der Waals surface area (Å²) in [7, 11) is 0. The van der Waals surface area contributed by atoms with Crippen LogP contribution in [0.25, 0.3) is 0 Å². The minimum Gasteiger partial charge on any atom is -0.462 e. The van der Waals surface area contributed by atoms with Crippen LogP contribution < -0.4 is 0 Å². The standard InChI is InChI=1S/C75H122O6/c1-4-7-10-13-16-19-22-25-28-30-31-32-33-34-35-36-37-38-39-40-41-42-43-45-47-50-53-56-59-62-65-68-74(77)80-71-72(70-79-73(76)67-64-61-58-55-52-49-46-27-24-21-18-15-12-9-6-3)81-75(78)69-66-63-60-57-54-51-48-44-29-26-23-20-17-14-11-8-5-2/h7-12,16-21,25-29,31-32,46,52,55,61,64,72H,4-6,13-15,22-24,30,33-45,47-51,53-54,56-60,62-63,65-71H2,1-3H3/b10-7-,11-8-,12-9-,19-16-,20-17-,21-18-,28-25-,29-26-,32-31-,46-27-,55-52-,64-61-. The Morgan fingerprint density at radius 3 is 0.802 bits per heavy atom.